The summed E-state index contributed by atoms with van der Waals surface area (Å²) in [7, 11) is 0. The first-order valence-corrected chi connectivity index (χ1v) is 16.2. The largest absolute Gasteiger partial charge is 0.379 e. The van der Waals surface area contributed by atoms with Gasteiger partial charge >= 0.3 is 0 Å². The summed E-state index contributed by atoms with van der Waals surface area (Å²) < 4.78 is 21.4. The summed E-state index contributed by atoms with van der Waals surface area (Å²) in [6, 6.07) is 23.6. The summed E-state index contributed by atoms with van der Waals surface area (Å²) in [5, 5.41) is 24.2. The summed E-state index contributed by atoms with van der Waals surface area (Å²) in [6.07, 6.45) is 7.21. The molecule has 3 heterocycles. The molecule has 10 heteroatoms. The van der Waals surface area contributed by atoms with Gasteiger partial charge in [0.2, 0.25) is 0 Å². The van der Waals surface area contributed by atoms with Gasteiger partial charge in [-0.15, -0.1) is 5.10 Å². The van der Waals surface area contributed by atoms with E-state index in [1.807, 2.05) is 35.1 Å². The molecule has 0 spiro atoms. The van der Waals surface area contributed by atoms with Crippen LogP contribution in [-0.2, 0) is 11.2 Å². The molecule has 0 bridgehead atoms. The number of nitrogens with one attached hydrogen (secondary N) is 1. The third-order valence-corrected chi connectivity index (χ3v) is 9.27. The van der Waals surface area contributed by atoms with Gasteiger partial charge in [0, 0.05) is 43.3 Å². The molecule has 7 rings (SSSR count). The Bertz CT molecular complexity index is 1850. The van der Waals surface area contributed by atoms with Crippen LogP contribution in [0, 0.1) is 17.1 Å². The van der Waals surface area contributed by atoms with E-state index in [-0.39, 0.29) is 17.8 Å². The minimum atomic E-state index is -0.287. The molecule has 8 nitrogen and oxygen atoms in total. The number of rotatable bonds is 11. The average Bonchev–Trinajstić information content (AvgIpc) is 3.83. The molecule has 1 aliphatic carbocycles. The molecule has 46 heavy (non-hydrogen) atoms. The Balaban J connectivity index is 1.25. The van der Waals surface area contributed by atoms with Gasteiger partial charge in [0.15, 0.2) is 0 Å². The van der Waals surface area contributed by atoms with Crippen molar-refractivity contribution in [2.75, 3.05) is 38.2 Å². The Morgan fingerprint density at radius 1 is 1.04 bits per heavy atom. The van der Waals surface area contributed by atoms with Gasteiger partial charge in [-0.05, 0) is 66.6 Å². The Kier molecular flexibility index (Phi) is 8.93. The van der Waals surface area contributed by atoms with Gasteiger partial charge in [0.25, 0.3) is 0 Å². The van der Waals surface area contributed by atoms with Crippen molar-refractivity contribution in [2.45, 2.75) is 43.7 Å². The maximum atomic E-state index is 13.9. The Morgan fingerprint density at radius 2 is 1.83 bits per heavy atom. The van der Waals surface area contributed by atoms with E-state index in [0.717, 1.165) is 79.9 Å². The quantitative estimate of drug-likeness (QED) is 0.166. The van der Waals surface area contributed by atoms with Crippen molar-refractivity contribution >= 4 is 28.2 Å². The SMILES string of the molecule is N#Cc1cnc2c(Cl)cc(C[C@@H](c3ccc(F)cc3)c3cn(C4CC4)nn3)cc2c1N[C@H](CCN1CCOCC1)c1ccccc1. The van der Waals surface area contributed by atoms with Crippen LogP contribution in [0.5, 0.6) is 0 Å². The smallest absolute Gasteiger partial charge is 0.123 e. The van der Waals surface area contributed by atoms with Crippen LogP contribution in [0.15, 0.2) is 79.1 Å². The number of hydrogen-bond acceptors (Lipinski definition) is 7. The predicted molar refractivity (Wildman–Crippen MR) is 176 cm³/mol. The molecule has 234 valence electrons. The standard InChI is InChI=1S/C36H35ClFN7O/c37-32-20-24(18-30(25-6-8-28(38)9-7-25)34-23-45(43-42-34)29-10-11-29)19-31-35(27(21-39)22-40-36(31)32)41-33(26-4-2-1-3-5-26)12-13-44-14-16-46-17-15-44/h1-9,19-20,22-23,29-30,33H,10-18H2,(H,40,41)/t30-,33+/m0/s1. The van der Waals surface area contributed by atoms with Gasteiger partial charge in [0.05, 0.1) is 52.8 Å². The number of morpholine rings is 1. The lowest BCUT2D eigenvalue weighted by Gasteiger charge is -2.29. The third-order valence-electron chi connectivity index (χ3n) is 8.98. The molecular formula is C36H35ClFN7O. The molecule has 2 aromatic heterocycles. The molecule has 1 N–H and O–H groups in total. The fourth-order valence-electron chi connectivity index (χ4n) is 6.28. The maximum absolute atomic E-state index is 13.9. The van der Waals surface area contributed by atoms with Crippen molar-refractivity contribution in [3.8, 4) is 6.07 Å². The molecule has 2 aliphatic rings. The third kappa shape index (κ3) is 6.75. The molecule has 2 fully saturated rings. The maximum Gasteiger partial charge on any atom is 0.123 e. The van der Waals surface area contributed by atoms with E-state index in [4.69, 9.17) is 16.3 Å². The number of ether oxygens (including phenoxy) is 1. The fourth-order valence-corrected chi connectivity index (χ4v) is 6.57. The minimum absolute atomic E-state index is 0.0476. The van der Waals surface area contributed by atoms with Crippen molar-refractivity contribution in [3.63, 3.8) is 0 Å². The fraction of sp³-hybridized carbons (Fsp3) is 0.333. The second kappa shape index (κ2) is 13.6. The van der Waals surface area contributed by atoms with E-state index in [9.17, 15) is 9.65 Å². The topological polar surface area (TPSA) is 91.9 Å². The highest BCUT2D eigenvalue weighted by atomic mass is 35.5. The summed E-state index contributed by atoms with van der Waals surface area (Å²) in [4.78, 5) is 7.02. The highest BCUT2D eigenvalue weighted by molar-refractivity contribution is 6.35. The van der Waals surface area contributed by atoms with Gasteiger partial charge in [-0.1, -0.05) is 59.3 Å². The molecule has 1 aliphatic heterocycles. The van der Waals surface area contributed by atoms with Crippen LogP contribution in [0.25, 0.3) is 10.9 Å². The number of halogens is 2. The normalized spacial score (nSPS) is 16.6. The van der Waals surface area contributed by atoms with Crippen molar-refractivity contribution in [3.05, 3.63) is 118 Å². The van der Waals surface area contributed by atoms with Gasteiger partial charge in [-0.2, -0.15) is 5.26 Å². The number of hydrogen-bond donors (Lipinski definition) is 1. The van der Waals surface area contributed by atoms with Crippen LogP contribution in [0.2, 0.25) is 5.02 Å². The zero-order chi connectivity index (χ0) is 31.5. The zero-order valence-electron chi connectivity index (χ0n) is 25.4. The summed E-state index contributed by atoms with van der Waals surface area (Å²) >= 11 is 6.92. The Morgan fingerprint density at radius 3 is 2.57 bits per heavy atom. The van der Waals surface area contributed by atoms with Crippen LogP contribution in [-0.4, -0.2) is 57.7 Å². The van der Waals surface area contributed by atoms with Gasteiger partial charge < -0.3 is 10.1 Å². The first-order chi connectivity index (χ1) is 22.6. The highest BCUT2D eigenvalue weighted by Crippen LogP contribution is 2.38. The summed E-state index contributed by atoms with van der Waals surface area (Å²) in [5.41, 5.74) is 5.66. The molecule has 1 saturated carbocycles. The van der Waals surface area contributed by atoms with Crippen LogP contribution >= 0.6 is 11.6 Å². The van der Waals surface area contributed by atoms with Crippen LogP contribution in [0.4, 0.5) is 10.1 Å². The molecule has 1 saturated heterocycles. The lowest BCUT2D eigenvalue weighted by molar-refractivity contribution is 0.0368. The molecule has 3 aromatic carbocycles. The van der Waals surface area contributed by atoms with Gasteiger partial charge in [-0.3, -0.25) is 9.88 Å². The number of pyridine rings is 1. The first kappa shape index (κ1) is 30.3. The number of fused-ring (bicyclic) bond motifs is 1. The monoisotopic (exact) mass is 635 g/mol. The second-order valence-corrected chi connectivity index (χ2v) is 12.6. The van der Waals surface area contributed by atoms with Crippen molar-refractivity contribution in [2.24, 2.45) is 0 Å². The molecule has 5 aromatic rings. The van der Waals surface area contributed by atoms with Gasteiger partial charge in [0.1, 0.15) is 11.9 Å². The summed E-state index contributed by atoms with van der Waals surface area (Å²) in [6.45, 7) is 4.20. The summed E-state index contributed by atoms with van der Waals surface area (Å²) in [5.74, 6) is -0.457. The van der Waals surface area contributed by atoms with Gasteiger partial charge in [-0.25, -0.2) is 9.07 Å². The number of aromatic nitrogens is 4. The number of nitrogens with zero attached hydrogens (tertiary/aromatic N) is 6. The first-order valence-electron chi connectivity index (χ1n) is 15.9. The van der Waals surface area contributed by atoms with Crippen molar-refractivity contribution in [1.29, 1.82) is 5.26 Å². The number of anilines is 1. The van der Waals surface area contributed by atoms with E-state index >= 15 is 0 Å². The Labute approximate surface area is 272 Å². The predicted octanol–water partition coefficient (Wildman–Crippen LogP) is 7.08. The van der Waals surface area contributed by atoms with Crippen LogP contribution in [0.3, 0.4) is 0 Å². The van der Waals surface area contributed by atoms with Crippen molar-refractivity contribution < 1.29 is 9.13 Å². The average molecular weight is 636 g/mol. The van der Waals surface area contributed by atoms with E-state index in [1.54, 1.807) is 18.3 Å². The zero-order valence-corrected chi connectivity index (χ0v) is 26.2. The van der Waals surface area contributed by atoms with Crippen LogP contribution in [0.1, 0.15) is 65.2 Å². The number of nitriles is 1. The lowest BCUT2D eigenvalue weighted by Crippen LogP contribution is -2.37. The van der Waals surface area contributed by atoms with E-state index < -0.39 is 0 Å². The molecule has 0 amide bonds. The highest BCUT2D eigenvalue weighted by Gasteiger charge is 2.27. The van der Waals surface area contributed by atoms with Crippen LogP contribution < -0.4 is 5.32 Å². The minimum Gasteiger partial charge on any atom is -0.379 e. The van der Waals surface area contributed by atoms with E-state index in [1.165, 1.54) is 12.1 Å². The lowest BCUT2D eigenvalue weighted by atomic mass is 9.89. The number of benzene rings is 3. The second-order valence-electron chi connectivity index (χ2n) is 12.1. The Hall–Kier alpha value is -4.36. The molecule has 0 unspecified atom stereocenters. The molecule has 2 atom stereocenters. The molecule has 0 radical (unpaired) electrons. The van der Waals surface area contributed by atoms with E-state index in [0.29, 0.717) is 34.3 Å². The van der Waals surface area contributed by atoms with Crippen molar-refractivity contribution in [1.82, 2.24) is 24.9 Å². The molecular weight excluding hydrogens is 601 g/mol. The van der Waals surface area contributed by atoms with E-state index in [2.05, 4.69) is 49.8 Å².